The van der Waals surface area contributed by atoms with Crippen LogP contribution in [0.25, 0.3) is 0 Å². The summed E-state index contributed by atoms with van der Waals surface area (Å²) in [7, 11) is 0. The van der Waals surface area contributed by atoms with Gasteiger partial charge in [-0.15, -0.1) is 0 Å². The standard InChI is InChI=1S/C13H13ClN2O3/c1-7-8(3-2-4-9(7)14)12(18)15-10-5-6-11(17)16-13(10)19/h2-4,10H,5-6H2,1H3,(H,15,18)(H,16,17,19). The predicted molar refractivity (Wildman–Crippen MR) is 69.8 cm³/mol. The monoisotopic (exact) mass is 280 g/mol. The molecule has 19 heavy (non-hydrogen) atoms. The highest BCUT2D eigenvalue weighted by atomic mass is 35.5. The first-order valence-corrected chi connectivity index (χ1v) is 6.26. The van der Waals surface area contributed by atoms with Crippen molar-refractivity contribution in [1.29, 1.82) is 0 Å². The molecule has 0 saturated carbocycles. The van der Waals surface area contributed by atoms with Gasteiger partial charge in [0.25, 0.3) is 5.91 Å². The molecule has 1 atom stereocenters. The summed E-state index contributed by atoms with van der Waals surface area (Å²) in [5.74, 6) is -1.15. The molecule has 5 nitrogen and oxygen atoms in total. The van der Waals surface area contributed by atoms with Gasteiger partial charge in [0.05, 0.1) is 0 Å². The quantitative estimate of drug-likeness (QED) is 0.799. The Kier molecular flexibility index (Phi) is 3.85. The Bertz CT molecular complexity index is 557. The van der Waals surface area contributed by atoms with Crippen LogP contribution in [0.4, 0.5) is 0 Å². The molecule has 1 aromatic carbocycles. The van der Waals surface area contributed by atoms with Crippen molar-refractivity contribution in [1.82, 2.24) is 10.6 Å². The third-order valence-electron chi connectivity index (χ3n) is 3.06. The van der Waals surface area contributed by atoms with Gasteiger partial charge in [-0.2, -0.15) is 0 Å². The molecule has 2 rings (SSSR count). The average Bonchev–Trinajstić information content (AvgIpc) is 2.36. The minimum Gasteiger partial charge on any atom is -0.340 e. The van der Waals surface area contributed by atoms with Crippen LogP contribution >= 0.6 is 11.6 Å². The molecule has 100 valence electrons. The van der Waals surface area contributed by atoms with E-state index in [1.165, 1.54) is 0 Å². The number of imide groups is 1. The van der Waals surface area contributed by atoms with Gasteiger partial charge in [0, 0.05) is 17.0 Å². The maximum absolute atomic E-state index is 12.1. The molecule has 1 aliphatic heterocycles. The van der Waals surface area contributed by atoms with E-state index >= 15 is 0 Å². The minimum atomic E-state index is -0.677. The molecule has 0 aromatic heterocycles. The number of hydrogen-bond donors (Lipinski definition) is 2. The highest BCUT2D eigenvalue weighted by Gasteiger charge is 2.28. The Hall–Kier alpha value is -1.88. The Labute approximate surface area is 115 Å². The zero-order chi connectivity index (χ0) is 14.0. The fraction of sp³-hybridized carbons (Fsp3) is 0.308. The van der Waals surface area contributed by atoms with Crippen molar-refractivity contribution in [3.05, 3.63) is 34.3 Å². The zero-order valence-electron chi connectivity index (χ0n) is 10.3. The summed E-state index contributed by atoms with van der Waals surface area (Å²) in [6.45, 7) is 1.74. The number of hydrogen-bond acceptors (Lipinski definition) is 3. The van der Waals surface area contributed by atoms with Crippen molar-refractivity contribution in [3.63, 3.8) is 0 Å². The van der Waals surface area contributed by atoms with Crippen LogP contribution in [0.5, 0.6) is 0 Å². The van der Waals surface area contributed by atoms with Crippen LogP contribution in [0.15, 0.2) is 18.2 Å². The molecule has 1 fully saturated rings. The lowest BCUT2D eigenvalue weighted by atomic mass is 10.0. The largest absolute Gasteiger partial charge is 0.340 e. The van der Waals surface area contributed by atoms with Crippen molar-refractivity contribution in [2.75, 3.05) is 0 Å². The summed E-state index contributed by atoms with van der Waals surface area (Å²) < 4.78 is 0. The summed E-state index contributed by atoms with van der Waals surface area (Å²) in [5.41, 5.74) is 1.09. The molecule has 2 N–H and O–H groups in total. The van der Waals surface area contributed by atoms with E-state index in [2.05, 4.69) is 10.6 Å². The Morgan fingerprint density at radius 1 is 1.42 bits per heavy atom. The van der Waals surface area contributed by atoms with Gasteiger partial charge in [0.1, 0.15) is 6.04 Å². The Morgan fingerprint density at radius 2 is 2.16 bits per heavy atom. The first-order chi connectivity index (χ1) is 8.99. The lowest BCUT2D eigenvalue weighted by Crippen LogP contribution is -2.52. The molecule has 0 bridgehead atoms. The number of carbonyl (C=O) groups is 3. The minimum absolute atomic E-state index is 0.227. The van der Waals surface area contributed by atoms with Crippen molar-refractivity contribution >= 4 is 29.3 Å². The van der Waals surface area contributed by atoms with Gasteiger partial charge in [-0.25, -0.2) is 0 Å². The summed E-state index contributed by atoms with van der Waals surface area (Å²) in [6, 6.07) is 4.33. The van der Waals surface area contributed by atoms with E-state index in [-0.39, 0.29) is 18.2 Å². The first kappa shape index (κ1) is 13.5. The molecular weight excluding hydrogens is 268 g/mol. The van der Waals surface area contributed by atoms with Crippen LogP contribution in [0.2, 0.25) is 5.02 Å². The summed E-state index contributed by atoms with van der Waals surface area (Å²) in [5, 5.41) is 5.30. The Morgan fingerprint density at radius 3 is 2.84 bits per heavy atom. The van der Waals surface area contributed by atoms with E-state index in [4.69, 9.17) is 11.6 Å². The van der Waals surface area contributed by atoms with E-state index < -0.39 is 11.9 Å². The number of carbonyl (C=O) groups excluding carboxylic acids is 3. The smallest absolute Gasteiger partial charge is 0.252 e. The topological polar surface area (TPSA) is 75.3 Å². The number of amides is 3. The van der Waals surface area contributed by atoms with Crippen LogP contribution in [0.3, 0.4) is 0 Å². The first-order valence-electron chi connectivity index (χ1n) is 5.88. The molecule has 1 saturated heterocycles. The molecule has 1 aliphatic rings. The number of piperidine rings is 1. The maximum atomic E-state index is 12.1. The molecule has 6 heteroatoms. The van der Waals surface area contributed by atoms with E-state index in [1.54, 1.807) is 25.1 Å². The third kappa shape index (κ3) is 2.93. The summed E-state index contributed by atoms with van der Waals surface area (Å²) in [4.78, 5) is 34.6. The van der Waals surface area contributed by atoms with Gasteiger partial charge < -0.3 is 5.32 Å². The van der Waals surface area contributed by atoms with Gasteiger partial charge in [0.2, 0.25) is 11.8 Å². The third-order valence-corrected chi connectivity index (χ3v) is 3.47. The van der Waals surface area contributed by atoms with Gasteiger partial charge >= 0.3 is 0 Å². The zero-order valence-corrected chi connectivity index (χ0v) is 11.1. The average molecular weight is 281 g/mol. The van der Waals surface area contributed by atoms with Crippen molar-refractivity contribution in [3.8, 4) is 0 Å². The van der Waals surface area contributed by atoms with Crippen LogP contribution in [0, 0.1) is 6.92 Å². The number of nitrogens with one attached hydrogen (secondary N) is 2. The van der Waals surface area contributed by atoms with E-state index in [9.17, 15) is 14.4 Å². The molecule has 0 aliphatic carbocycles. The molecule has 1 unspecified atom stereocenters. The van der Waals surface area contributed by atoms with E-state index in [0.717, 1.165) is 0 Å². The van der Waals surface area contributed by atoms with Crippen molar-refractivity contribution < 1.29 is 14.4 Å². The fourth-order valence-corrected chi connectivity index (χ4v) is 2.10. The van der Waals surface area contributed by atoms with Gasteiger partial charge in [-0.1, -0.05) is 17.7 Å². The summed E-state index contributed by atoms with van der Waals surface area (Å²) >= 11 is 5.94. The SMILES string of the molecule is Cc1c(Cl)cccc1C(=O)NC1CCC(=O)NC1=O. The van der Waals surface area contributed by atoms with Crippen LogP contribution in [0.1, 0.15) is 28.8 Å². The molecule has 0 spiro atoms. The van der Waals surface area contributed by atoms with Gasteiger partial charge in [-0.3, -0.25) is 19.7 Å². The summed E-state index contributed by atoms with van der Waals surface area (Å²) in [6.07, 6.45) is 0.543. The number of rotatable bonds is 2. The molecule has 3 amide bonds. The van der Waals surface area contributed by atoms with E-state index in [0.29, 0.717) is 22.6 Å². The molecular formula is C13H13ClN2O3. The molecule has 1 aromatic rings. The second-order valence-corrected chi connectivity index (χ2v) is 4.80. The second kappa shape index (κ2) is 5.40. The lowest BCUT2D eigenvalue weighted by Gasteiger charge is -2.22. The highest BCUT2D eigenvalue weighted by molar-refractivity contribution is 6.31. The van der Waals surface area contributed by atoms with Gasteiger partial charge in [0.15, 0.2) is 0 Å². The molecule has 0 radical (unpaired) electrons. The number of halogens is 1. The van der Waals surface area contributed by atoms with Crippen LogP contribution < -0.4 is 10.6 Å². The molecule has 1 heterocycles. The second-order valence-electron chi connectivity index (χ2n) is 4.39. The van der Waals surface area contributed by atoms with Crippen molar-refractivity contribution in [2.24, 2.45) is 0 Å². The highest BCUT2D eigenvalue weighted by Crippen LogP contribution is 2.19. The van der Waals surface area contributed by atoms with Crippen LogP contribution in [-0.2, 0) is 9.59 Å². The number of benzene rings is 1. The van der Waals surface area contributed by atoms with Crippen molar-refractivity contribution in [2.45, 2.75) is 25.8 Å². The van der Waals surface area contributed by atoms with Gasteiger partial charge in [-0.05, 0) is 31.0 Å². The normalized spacial score (nSPS) is 18.9. The predicted octanol–water partition coefficient (Wildman–Crippen LogP) is 1.18. The van der Waals surface area contributed by atoms with Crippen LogP contribution in [-0.4, -0.2) is 23.8 Å². The Balaban J connectivity index is 2.11. The lowest BCUT2D eigenvalue weighted by molar-refractivity contribution is -0.134. The van der Waals surface area contributed by atoms with E-state index in [1.807, 2.05) is 0 Å². The maximum Gasteiger partial charge on any atom is 0.252 e. The fourth-order valence-electron chi connectivity index (χ4n) is 1.92.